The van der Waals surface area contributed by atoms with Crippen LogP contribution in [0.4, 0.5) is 0 Å². The summed E-state index contributed by atoms with van der Waals surface area (Å²) in [5.74, 6) is 0.851. The lowest BCUT2D eigenvalue weighted by Crippen LogP contribution is -2.35. The van der Waals surface area contributed by atoms with Gasteiger partial charge in [0.25, 0.3) is 0 Å². The molecule has 1 N–H and O–H groups in total. The van der Waals surface area contributed by atoms with Crippen LogP contribution < -0.4 is 10.1 Å². The highest BCUT2D eigenvalue weighted by Gasteiger charge is 2.27. The third-order valence-corrected chi connectivity index (χ3v) is 3.16. The van der Waals surface area contributed by atoms with Gasteiger partial charge in [-0.25, -0.2) is 0 Å². The molecule has 0 saturated heterocycles. The summed E-state index contributed by atoms with van der Waals surface area (Å²) in [5, 5.41) is 2.95. The summed E-state index contributed by atoms with van der Waals surface area (Å²) >= 11 is 3.42. The van der Waals surface area contributed by atoms with Gasteiger partial charge < -0.3 is 10.1 Å². The van der Waals surface area contributed by atoms with Crippen LogP contribution >= 0.6 is 15.9 Å². The first-order valence-corrected chi connectivity index (χ1v) is 6.73. The highest BCUT2D eigenvalue weighted by molar-refractivity contribution is 9.09. The Balaban J connectivity index is 2.10. The SMILES string of the molecule is CC(Br)CNC(=O)C1CCOc2ccccc21. The molecule has 4 heteroatoms. The number of hydrogen-bond acceptors (Lipinski definition) is 2. The van der Waals surface area contributed by atoms with Crippen molar-refractivity contribution in [2.75, 3.05) is 13.2 Å². The van der Waals surface area contributed by atoms with E-state index in [0.29, 0.717) is 18.0 Å². The molecule has 1 amide bonds. The van der Waals surface area contributed by atoms with Gasteiger partial charge in [0.05, 0.1) is 12.5 Å². The molecule has 0 radical (unpaired) electrons. The lowest BCUT2D eigenvalue weighted by atomic mass is 9.92. The van der Waals surface area contributed by atoms with Crippen LogP contribution in [0.15, 0.2) is 24.3 Å². The van der Waals surface area contributed by atoms with Gasteiger partial charge in [0.15, 0.2) is 0 Å². The van der Waals surface area contributed by atoms with Gasteiger partial charge in [-0.3, -0.25) is 4.79 Å². The fourth-order valence-electron chi connectivity index (χ4n) is 1.98. The normalized spacial score (nSPS) is 20.0. The molecule has 0 bridgehead atoms. The van der Waals surface area contributed by atoms with Crippen molar-refractivity contribution in [2.24, 2.45) is 0 Å². The standard InChI is InChI=1S/C13H16BrNO2/c1-9(14)8-15-13(16)11-6-7-17-12-5-3-2-4-10(11)12/h2-5,9,11H,6-8H2,1H3,(H,15,16). The number of ether oxygens (including phenoxy) is 1. The van der Waals surface area contributed by atoms with Crippen molar-refractivity contribution in [1.29, 1.82) is 0 Å². The van der Waals surface area contributed by atoms with E-state index in [0.717, 1.165) is 17.7 Å². The van der Waals surface area contributed by atoms with Crippen LogP contribution in [0.5, 0.6) is 5.75 Å². The Morgan fingerprint density at radius 2 is 2.35 bits per heavy atom. The second kappa shape index (κ2) is 5.54. The Labute approximate surface area is 110 Å². The van der Waals surface area contributed by atoms with Crippen LogP contribution in [-0.4, -0.2) is 23.9 Å². The highest BCUT2D eigenvalue weighted by atomic mass is 79.9. The molecule has 1 aromatic rings. The van der Waals surface area contributed by atoms with Crippen molar-refractivity contribution < 1.29 is 9.53 Å². The molecule has 1 aliphatic heterocycles. The van der Waals surface area contributed by atoms with Crippen molar-refractivity contribution in [1.82, 2.24) is 5.32 Å². The van der Waals surface area contributed by atoms with E-state index in [1.807, 2.05) is 31.2 Å². The Bertz CT molecular complexity index is 406. The largest absolute Gasteiger partial charge is 0.493 e. The zero-order valence-corrected chi connectivity index (χ0v) is 11.4. The molecule has 3 nitrogen and oxygen atoms in total. The lowest BCUT2D eigenvalue weighted by Gasteiger charge is -2.25. The van der Waals surface area contributed by atoms with Crippen molar-refractivity contribution in [3.8, 4) is 5.75 Å². The molecular formula is C13H16BrNO2. The smallest absolute Gasteiger partial charge is 0.227 e. The number of carbonyl (C=O) groups is 1. The maximum absolute atomic E-state index is 12.1. The number of amides is 1. The summed E-state index contributed by atoms with van der Waals surface area (Å²) in [7, 11) is 0. The van der Waals surface area contributed by atoms with Gasteiger partial charge >= 0.3 is 0 Å². The van der Waals surface area contributed by atoms with Gasteiger partial charge in [0, 0.05) is 16.9 Å². The minimum atomic E-state index is -0.0776. The molecule has 0 saturated carbocycles. The van der Waals surface area contributed by atoms with Crippen LogP contribution in [0, 0.1) is 0 Å². The van der Waals surface area contributed by atoms with Gasteiger partial charge in [-0.2, -0.15) is 0 Å². The molecule has 2 rings (SSSR count). The van der Waals surface area contributed by atoms with Crippen LogP contribution in [0.2, 0.25) is 0 Å². The average molecular weight is 298 g/mol. The van der Waals surface area contributed by atoms with E-state index in [-0.39, 0.29) is 11.8 Å². The van der Waals surface area contributed by atoms with Crippen molar-refractivity contribution in [3.63, 3.8) is 0 Å². The Hall–Kier alpha value is -1.03. The van der Waals surface area contributed by atoms with Gasteiger partial charge in [-0.1, -0.05) is 41.1 Å². The van der Waals surface area contributed by atoms with Gasteiger partial charge in [-0.15, -0.1) is 0 Å². The van der Waals surface area contributed by atoms with E-state index in [1.54, 1.807) is 0 Å². The molecule has 1 aromatic carbocycles. The van der Waals surface area contributed by atoms with Crippen LogP contribution in [0.1, 0.15) is 24.8 Å². The minimum absolute atomic E-state index is 0.0776. The van der Waals surface area contributed by atoms with Crippen LogP contribution in [-0.2, 0) is 4.79 Å². The molecule has 1 heterocycles. The second-order valence-electron chi connectivity index (χ2n) is 4.25. The average Bonchev–Trinajstić information content (AvgIpc) is 2.35. The zero-order valence-electron chi connectivity index (χ0n) is 9.78. The first-order valence-electron chi connectivity index (χ1n) is 5.82. The number of benzene rings is 1. The maximum atomic E-state index is 12.1. The fraction of sp³-hybridized carbons (Fsp3) is 0.462. The third-order valence-electron chi connectivity index (χ3n) is 2.83. The monoisotopic (exact) mass is 297 g/mol. The van der Waals surface area contributed by atoms with Crippen molar-refractivity contribution >= 4 is 21.8 Å². The minimum Gasteiger partial charge on any atom is -0.493 e. The lowest BCUT2D eigenvalue weighted by molar-refractivity contribution is -0.123. The first kappa shape index (κ1) is 12.4. The van der Waals surface area contributed by atoms with Crippen molar-refractivity contribution in [3.05, 3.63) is 29.8 Å². The first-order chi connectivity index (χ1) is 8.18. The molecule has 0 fully saturated rings. The fourth-order valence-corrected chi connectivity index (χ4v) is 2.14. The summed E-state index contributed by atoms with van der Waals surface area (Å²) in [5.41, 5.74) is 0.999. The Morgan fingerprint density at radius 3 is 3.12 bits per heavy atom. The topological polar surface area (TPSA) is 38.3 Å². The van der Waals surface area contributed by atoms with E-state index in [4.69, 9.17) is 4.74 Å². The number of alkyl halides is 1. The summed E-state index contributed by atoms with van der Waals surface area (Å²) in [6.07, 6.45) is 0.750. The molecule has 17 heavy (non-hydrogen) atoms. The predicted octanol–water partition coefficient (Wildman–Crippen LogP) is 2.45. The molecular weight excluding hydrogens is 282 g/mol. The molecule has 0 aliphatic carbocycles. The number of rotatable bonds is 3. The molecule has 2 unspecified atom stereocenters. The molecule has 92 valence electrons. The molecule has 1 aliphatic rings. The summed E-state index contributed by atoms with van der Waals surface area (Å²) in [4.78, 5) is 12.4. The van der Waals surface area contributed by atoms with Gasteiger partial charge in [0.2, 0.25) is 5.91 Å². The number of fused-ring (bicyclic) bond motifs is 1. The van der Waals surface area contributed by atoms with Gasteiger partial charge in [0.1, 0.15) is 5.75 Å². The number of carbonyl (C=O) groups excluding carboxylic acids is 1. The third kappa shape index (κ3) is 3.00. The van der Waals surface area contributed by atoms with Gasteiger partial charge in [-0.05, 0) is 12.5 Å². The van der Waals surface area contributed by atoms with E-state index in [2.05, 4.69) is 21.2 Å². The highest BCUT2D eigenvalue weighted by Crippen LogP contribution is 2.33. The molecule has 0 aromatic heterocycles. The van der Waals surface area contributed by atoms with Crippen LogP contribution in [0.3, 0.4) is 0 Å². The maximum Gasteiger partial charge on any atom is 0.227 e. The number of para-hydroxylation sites is 1. The summed E-state index contributed by atoms with van der Waals surface area (Å²) in [6, 6.07) is 7.76. The predicted molar refractivity (Wildman–Crippen MR) is 70.7 cm³/mol. The molecule has 0 spiro atoms. The molecule has 2 atom stereocenters. The second-order valence-corrected chi connectivity index (χ2v) is 5.82. The summed E-state index contributed by atoms with van der Waals surface area (Å²) < 4.78 is 5.54. The van der Waals surface area contributed by atoms with Crippen molar-refractivity contribution in [2.45, 2.75) is 24.1 Å². The summed E-state index contributed by atoms with van der Waals surface area (Å²) in [6.45, 7) is 3.27. The zero-order chi connectivity index (χ0) is 12.3. The van der Waals surface area contributed by atoms with Crippen LogP contribution in [0.25, 0.3) is 0 Å². The van der Waals surface area contributed by atoms with E-state index in [9.17, 15) is 4.79 Å². The van der Waals surface area contributed by atoms with E-state index < -0.39 is 0 Å². The Kier molecular flexibility index (Phi) is 4.05. The quantitative estimate of drug-likeness (QED) is 0.871. The Morgan fingerprint density at radius 1 is 1.59 bits per heavy atom. The number of hydrogen-bond donors (Lipinski definition) is 1. The number of halogens is 1. The van der Waals surface area contributed by atoms with E-state index >= 15 is 0 Å². The number of nitrogens with one attached hydrogen (secondary N) is 1. The van der Waals surface area contributed by atoms with E-state index in [1.165, 1.54) is 0 Å².